The molecule has 0 amide bonds. The van der Waals surface area contributed by atoms with E-state index in [1.54, 1.807) is 12.1 Å². The van der Waals surface area contributed by atoms with Gasteiger partial charge in [-0.2, -0.15) is 0 Å². The lowest BCUT2D eigenvalue weighted by Crippen LogP contribution is -2.16. The molecule has 16 heavy (non-hydrogen) atoms. The molecule has 1 atom stereocenters. The largest absolute Gasteiger partial charge is 0.366 e. The second-order valence-electron chi connectivity index (χ2n) is 3.61. The first-order valence-electron chi connectivity index (χ1n) is 5.58. The van der Waals surface area contributed by atoms with Crippen LogP contribution in [0.3, 0.4) is 0 Å². The van der Waals surface area contributed by atoms with Gasteiger partial charge in [0, 0.05) is 13.0 Å². The second kappa shape index (κ2) is 6.38. The van der Waals surface area contributed by atoms with Crippen molar-refractivity contribution < 1.29 is 13.9 Å². The van der Waals surface area contributed by atoms with Crippen molar-refractivity contribution in [3.8, 4) is 0 Å². The van der Waals surface area contributed by atoms with Gasteiger partial charge in [-0.05, 0) is 31.0 Å². The number of ether oxygens (including phenoxy) is 1. The van der Waals surface area contributed by atoms with E-state index < -0.39 is 6.10 Å². The molecule has 1 unspecified atom stereocenters. The lowest BCUT2D eigenvalue weighted by atomic mass is 10.0. The van der Waals surface area contributed by atoms with Gasteiger partial charge in [-0.25, -0.2) is 4.39 Å². The van der Waals surface area contributed by atoms with Crippen molar-refractivity contribution in [2.45, 2.75) is 32.8 Å². The standard InChI is InChI=1S/C13H17FO2/c1-3-6-12(15)13(16-4-2)10-7-5-8-11(14)9-10/h5,7-9,13H,3-4,6H2,1-2H3. The van der Waals surface area contributed by atoms with Crippen LogP contribution in [0.4, 0.5) is 4.39 Å². The van der Waals surface area contributed by atoms with E-state index in [0.717, 1.165) is 6.42 Å². The Bertz CT molecular complexity index is 350. The summed E-state index contributed by atoms with van der Waals surface area (Å²) in [7, 11) is 0. The average molecular weight is 224 g/mol. The van der Waals surface area contributed by atoms with Crippen LogP contribution in [0.2, 0.25) is 0 Å². The fourth-order valence-corrected chi connectivity index (χ4v) is 1.59. The Morgan fingerprint density at radius 3 is 2.75 bits per heavy atom. The average Bonchev–Trinajstić information content (AvgIpc) is 2.26. The molecule has 0 aliphatic rings. The zero-order valence-corrected chi connectivity index (χ0v) is 9.70. The minimum atomic E-state index is -0.624. The highest BCUT2D eigenvalue weighted by Gasteiger charge is 2.20. The number of hydrogen-bond donors (Lipinski definition) is 0. The first kappa shape index (κ1) is 12.8. The van der Waals surface area contributed by atoms with E-state index in [1.807, 2.05) is 13.8 Å². The summed E-state index contributed by atoms with van der Waals surface area (Å²) < 4.78 is 18.4. The van der Waals surface area contributed by atoms with Gasteiger partial charge in [0.05, 0.1) is 0 Å². The summed E-state index contributed by atoms with van der Waals surface area (Å²) in [5.41, 5.74) is 0.598. The molecule has 1 aromatic rings. The fourth-order valence-electron chi connectivity index (χ4n) is 1.59. The van der Waals surface area contributed by atoms with Crippen molar-refractivity contribution in [3.05, 3.63) is 35.6 Å². The van der Waals surface area contributed by atoms with Crippen LogP contribution in [0, 0.1) is 5.82 Å². The Morgan fingerprint density at radius 2 is 2.19 bits per heavy atom. The van der Waals surface area contributed by atoms with Crippen LogP contribution in [0.25, 0.3) is 0 Å². The third kappa shape index (κ3) is 3.42. The summed E-state index contributed by atoms with van der Waals surface area (Å²) in [6, 6.07) is 6.03. The zero-order chi connectivity index (χ0) is 12.0. The van der Waals surface area contributed by atoms with Crippen LogP contribution < -0.4 is 0 Å². The summed E-state index contributed by atoms with van der Waals surface area (Å²) in [4.78, 5) is 11.8. The van der Waals surface area contributed by atoms with E-state index in [1.165, 1.54) is 12.1 Å². The second-order valence-corrected chi connectivity index (χ2v) is 3.61. The Morgan fingerprint density at radius 1 is 1.44 bits per heavy atom. The number of halogens is 1. The molecule has 0 bridgehead atoms. The van der Waals surface area contributed by atoms with Crippen molar-refractivity contribution in [3.63, 3.8) is 0 Å². The maximum absolute atomic E-state index is 13.1. The summed E-state index contributed by atoms with van der Waals surface area (Å²) >= 11 is 0. The SMILES string of the molecule is CCCC(=O)C(OCC)c1cccc(F)c1. The molecule has 0 aliphatic carbocycles. The molecule has 88 valence electrons. The summed E-state index contributed by atoms with van der Waals surface area (Å²) in [6.07, 6.45) is 0.611. The van der Waals surface area contributed by atoms with Gasteiger partial charge >= 0.3 is 0 Å². The number of carbonyl (C=O) groups excluding carboxylic acids is 1. The topological polar surface area (TPSA) is 26.3 Å². The molecule has 0 fully saturated rings. The van der Waals surface area contributed by atoms with E-state index >= 15 is 0 Å². The van der Waals surface area contributed by atoms with Gasteiger partial charge in [0.1, 0.15) is 11.9 Å². The van der Waals surface area contributed by atoms with E-state index in [4.69, 9.17) is 4.74 Å². The Kier molecular flexibility index (Phi) is 5.12. The maximum Gasteiger partial charge on any atom is 0.166 e. The number of Topliss-reactive ketones (excluding diaryl/α,β-unsaturated/α-hetero) is 1. The van der Waals surface area contributed by atoms with E-state index in [0.29, 0.717) is 18.6 Å². The molecule has 0 aromatic heterocycles. The highest BCUT2D eigenvalue weighted by molar-refractivity contribution is 5.84. The predicted molar refractivity (Wildman–Crippen MR) is 60.7 cm³/mol. The van der Waals surface area contributed by atoms with E-state index in [-0.39, 0.29) is 11.6 Å². The maximum atomic E-state index is 13.1. The summed E-state index contributed by atoms with van der Waals surface area (Å²) in [5.74, 6) is -0.332. The van der Waals surface area contributed by atoms with Crippen molar-refractivity contribution in [2.75, 3.05) is 6.61 Å². The van der Waals surface area contributed by atoms with Crippen LogP contribution >= 0.6 is 0 Å². The molecule has 3 heteroatoms. The molecule has 0 heterocycles. The Hall–Kier alpha value is -1.22. The monoisotopic (exact) mass is 224 g/mol. The minimum Gasteiger partial charge on any atom is -0.366 e. The fraction of sp³-hybridized carbons (Fsp3) is 0.462. The van der Waals surface area contributed by atoms with Crippen LogP contribution in [0.5, 0.6) is 0 Å². The first-order chi connectivity index (χ1) is 7.69. The van der Waals surface area contributed by atoms with Gasteiger partial charge in [-0.1, -0.05) is 19.1 Å². The molecular weight excluding hydrogens is 207 g/mol. The molecule has 0 aliphatic heterocycles. The minimum absolute atomic E-state index is 0.00921. The van der Waals surface area contributed by atoms with Gasteiger partial charge in [-0.3, -0.25) is 4.79 Å². The molecule has 1 aromatic carbocycles. The highest BCUT2D eigenvalue weighted by Crippen LogP contribution is 2.21. The lowest BCUT2D eigenvalue weighted by molar-refractivity contribution is -0.130. The number of hydrogen-bond acceptors (Lipinski definition) is 2. The van der Waals surface area contributed by atoms with Gasteiger partial charge in [0.15, 0.2) is 5.78 Å². The Balaban J connectivity index is 2.88. The van der Waals surface area contributed by atoms with Gasteiger partial charge in [0.25, 0.3) is 0 Å². The number of carbonyl (C=O) groups is 1. The number of benzene rings is 1. The van der Waals surface area contributed by atoms with Gasteiger partial charge < -0.3 is 4.74 Å². The molecule has 0 spiro atoms. The molecule has 0 radical (unpaired) electrons. The van der Waals surface area contributed by atoms with Crippen molar-refractivity contribution in [1.82, 2.24) is 0 Å². The lowest BCUT2D eigenvalue weighted by Gasteiger charge is -2.15. The van der Waals surface area contributed by atoms with Gasteiger partial charge in [-0.15, -0.1) is 0 Å². The smallest absolute Gasteiger partial charge is 0.166 e. The molecule has 0 saturated carbocycles. The van der Waals surface area contributed by atoms with E-state index in [2.05, 4.69) is 0 Å². The first-order valence-corrected chi connectivity index (χ1v) is 5.58. The quantitative estimate of drug-likeness (QED) is 0.741. The van der Waals surface area contributed by atoms with E-state index in [9.17, 15) is 9.18 Å². The summed E-state index contributed by atoms with van der Waals surface area (Å²) in [5, 5.41) is 0. The van der Waals surface area contributed by atoms with Crippen LogP contribution in [-0.4, -0.2) is 12.4 Å². The Labute approximate surface area is 95.4 Å². The normalized spacial score (nSPS) is 12.4. The molecule has 0 saturated heterocycles. The zero-order valence-electron chi connectivity index (χ0n) is 9.70. The van der Waals surface area contributed by atoms with Crippen molar-refractivity contribution in [1.29, 1.82) is 0 Å². The highest BCUT2D eigenvalue weighted by atomic mass is 19.1. The van der Waals surface area contributed by atoms with Crippen molar-refractivity contribution >= 4 is 5.78 Å². The molecule has 1 rings (SSSR count). The number of ketones is 1. The molecular formula is C13H17FO2. The number of rotatable bonds is 6. The van der Waals surface area contributed by atoms with Crippen LogP contribution in [-0.2, 0) is 9.53 Å². The third-order valence-electron chi connectivity index (χ3n) is 2.27. The van der Waals surface area contributed by atoms with Crippen LogP contribution in [0.1, 0.15) is 38.4 Å². The summed E-state index contributed by atoms with van der Waals surface area (Å²) in [6.45, 7) is 4.20. The third-order valence-corrected chi connectivity index (χ3v) is 2.27. The molecule has 0 N–H and O–H groups in total. The molecule has 2 nitrogen and oxygen atoms in total. The predicted octanol–water partition coefficient (Wildman–Crippen LogP) is 3.27. The van der Waals surface area contributed by atoms with Crippen LogP contribution in [0.15, 0.2) is 24.3 Å². The van der Waals surface area contributed by atoms with Crippen molar-refractivity contribution in [2.24, 2.45) is 0 Å². The van der Waals surface area contributed by atoms with Gasteiger partial charge in [0.2, 0.25) is 0 Å².